The van der Waals surface area contributed by atoms with Gasteiger partial charge in [-0.05, 0) is 18.6 Å². The minimum atomic E-state index is 0.274. The second-order valence-corrected chi connectivity index (χ2v) is 3.64. The third-order valence-electron chi connectivity index (χ3n) is 2.52. The van der Waals surface area contributed by atoms with E-state index in [1.165, 1.54) is 0 Å². The Morgan fingerprint density at radius 2 is 1.82 bits per heavy atom. The largest absolute Gasteiger partial charge is 0.496 e. The van der Waals surface area contributed by atoms with Gasteiger partial charge in [-0.1, -0.05) is 5.16 Å². The van der Waals surface area contributed by atoms with E-state index in [4.69, 9.17) is 19.7 Å². The fraction of sp³-hybridized carbons (Fsp3) is 0.250. The van der Waals surface area contributed by atoms with Crippen molar-refractivity contribution < 1.29 is 14.0 Å². The summed E-state index contributed by atoms with van der Waals surface area (Å²) in [6.45, 7) is 1.95. The number of aromatic nitrogens is 1. The fourth-order valence-corrected chi connectivity index (χ4v) is 1.67. The Labute approximate surface area is 99.1 Å². The van der Waals surface area contributed by atoms with Gasteiger partial charge in [0.25, 0.3) is 0 Å². The summed E-state index contributed by atoms with van der Waals surface area (Å²) < 4.78 is 15.4. The molecule has 0 aliphatic carbocycles. The van der Waals surface area contributed by atoms with E-state index < -0.39 is 0 Å². The van der Waals surface area contributed by atoms with Crippen molar-refractivity contribution in [3.8, 4) is 22.8 Å². The van der Waals surface area contributed by atoms with Crippen LogP contribution in [0.2, 0.25) is 0 Å². The van der Waals surface area contributed by atoms with Crippen molar-refractivity contribution >= 4 is 5.88 Å². The molecule has 2 N–H and O–H groups in total. The van der Waals surface area contributed by atoms with E-state index in [0.29, 0.717) is 11.4 Å². The van der Waals surface area contributed by atoms with Gasteiger partial charge >= 0.3 is 0 Å². The van der Waals surface area contributed by atoms with Crippen LogP contribution in [0.15, 0.2) is 22.7 Å². The summed E-state index contributed by atoms with van der Waals surface area (Å²) >= 11 is 0. The Balaban J connectivity index is 2.57. The predicted octanol–water partition coefficient (Wildman–Crippen LogP) is 2.25. The van der Waals surface area contributed by atoms with Crippen LogP contribution in [0, 0.1) is 6.92 Å². The van der Waals surface area contributed by atoms with E-state index in [0.717, 1.165) is 16.9 Å². The molecule has 90 valence electrons. The Morgan fingerprint density at radius 3 is 2.35 bits per heavy atom. The van der Waals surface area contributed by atoms with Gasteiger partial charge in [0.05, 0.1) is 14.2 Å². The molecule has 0 saturated heterocycles. The van der Waals surface area contributed by atoms with Crippen LogP contribution in [0.3, 0.4) is 0 Å². The van der Waals surface area contributed by atoms with Gasteiger partial charge in [-0.15, -0.1) is 0 Å². The average Bonchev–Trinajstić information content (AvgIpc) is 2.75. The normalized spacial score (nSPS) is 10.3. The van der Waals surface area contributed by atoms with Crippen LogP contribution in [0.4, 0.5) is 5.88 Å². The second-order valence-electron chi connectivity index (χ2n) is 3.64. The van der Waals surface area contributed by atoms with Crippen LogP contribution in [-0.2, 0) is 0 Å². The molecule has 17 heavy (non-hydrogen) atoms. The lowest BCUT2D eigenvalue weighted by atomic mass is 10.1. The Hall–Kier alpha value is -2.17. The third kappa shape index (κ3) is 2.04. The van der Waals surface area contributed by atoms with E-state index in [-0.39, 0.29) is 5.88 Å². The van der Waals surface area contributed by atoms with E-state index in [1.807, 2.05) is 19.1 Å². The quantitative estimate of drug-likeness (QED) is 0.881. The number of benzene rings is 1. The molecule has 0 amide bonds. The number of methoxy groups -OCH3 is 2. The first-order valence-electron chi connectivity index (χ1n) is 5.11. The van der Waals surface area contributed by atoms with Crippen LogP contribution in [0.25, 0.3) is 11.3 Å². The lowest BCUT2D eigenvalue weighted by molar-refractivity contribution is 0.392. The van der Waals surface area contributed by atoms with E-state index in [2.05, 4.69) is 5.16 Å². The van der Waals surface area contributed by atoms with Crippen molar-refractivity contribution in [3.63, 3.8) is 0 Å². The fourth-order valence-electron chi connectivity index (χ4n) is 1.67. The van der Waals surface area contributed by atoms with Crippen LogP contribution < -0.4 is 15.2 Å². The molecule has 0 unspecified atom stereocenters. The van der Waals surface area contributed by atoms with Gasteiger partial charge in [0.15, 0.2) is 0 Å². The molecule has 1 heterocycles. The number of hydrogen-bond acceptors (Lipinski definition) is 5. The first-order valence-corrected chi connectivity index (χ1v) is 5.11. The van der Waals surface area contributed by atoms with Crippen LogP contribution in [-0.4, -0.2) is 19.4 Å². The van der Waals surface area contributed by atoms with Crippen molar-refractivity contribution in [1.29, 1.82) is 0 Å². The highest BCUT2D eigenvalue weighted by molar-refractivity contribution is 5.71. The topological polar surface area (TPSA) is 70.5 Å². The molecule has 5 heteroatoms. The molecule has 0 radical (unpaired) electrons. The summed E-state index contributed by atoms with van der Waals surface area (Å²) in [7, 11) is 3.21. The predicted molar refractivity (Wildman–Crippen MR) is 64.2 cm³/mol. The lowest BCUT2D eigenvalue weighted by Gasteiger charge is -2.11. The first kappa shape index (κ1) is 11.3. The number of ether oxygens (including phenoxy) is 2. The molecule has 1 aromatic carbocycles. The SMILES string of the molecule is COc1cc(OC)c(-c2cc(N)on2)cc1C. The van der Waals surface area contributed by atoms with Crippen molar-refractivity contribution in [1.82, 2.24) is 5.16 Å². The van der Waals surface area contributed by atoms with Gasteiger partial charge in [-0.2, -0.15) is 0 Å². The van der Waals surface area contributed by atoms with Gasteiger partial charge in [-0.25, -0.2) is 0 Å². The summed E-state index contributed by atoms with van der Waals surface area (Å²) in [5, 5.41) is 3.87. The number of nitrogen functional groups attached to an aromatic ring is 1. The van der Waals surface area contributed by atoms with Crippen LogP contribution >= 0.6 is 0 Å². The highest BCUT2D eigenvalue weighted by Crippen LogP contribution is 2.35. The maximum Gasteiger partial charge on any atom is 0.222 e. The number of nitrogens with two attached hydrogens (primary N) is 1. The number of anilines is 1. The molecule has 0 aliphatic rings. The highest BCUT2D eigenvalue weighted by atomic mass is 16.5. The highest BCUT2D eigenvalue weighted by Gasteiger charge is 2.13. The molecule has 0 atom stereocenters. The van der Waals surface area contributed by atoms with Gasteiger partial charge in [0, 0.05) is 17.7 Å². The Kier molecular flexibility index (Phi) is 2.91. The van der Waals surface area contributed by atoms with Gasteiger partial charge in [0.2, 0.25) is 5.88 Å². The third-order valence-corrected chi connectivity index (χ3v) is 2.52. The molecule has 0 saturated carbocycles. The molecule has 2 rings (SSSR count). The molecular weight excluding hydrogens is 220 g/mol. The molecule has 0 bridgehead atoms. The van der Waals surface area contributed by atoms with Gasteiger partial charge in [0.1, 0.15) is 17.2 Å². The summed E-state index contributed by atoms with van der Waals surface area (Å²) in [5.74, 6) is 1.71. The second kappa shape index (κ2) is 4.37. The van der Waals surface area contributed by atoms with Gasteiger partial charge < -0.3 is 19.7 Å². The Bertz CT molecular complexity index is 535. The molecule has 0 spiro atoms. The molecule has 0 fully saturated rings. The number of aryl methyl sites for hydroxylation is 1. The molecular formula is C12H14N2O3. The summed E-state index contributed by atoms with van der Waals surface area (Å²) in [6, 6.07) is 5.40. The van der Waals surface area contributed by atoms with Crippen molar-refractivity contribution in [2.45, 2.75) is 6.92 Å². The van der Waals surface area contributed by atoms with E-state index >= 15 is 0 Å². The van der Waals surface area contributed by atoms with E-state index in [1.54, 1.807) is 20.3 Å². The zero-order chi connectivity index (χ0) is 12.4. The van der Waals surface area contributed by atoms with Crippen molar-refractivity contribution in [2.24, 2.45) is 0 Å². The summed E-state index contributed by atoms with van der Waals surface area (Å²) in [5.41, 5.74) is 7.97. The minimum Gasteiger partial charge on any atom is -0.496 e. The average molecular weight is 234 g/mol. The molecule has 2 aromatic rings. The van der Waals surface area contributed by atoms with Crippen LogP contribution in [0.1, 0.15) is 5.56 Å². The molecule has 5 nitrogen and oxygen atoms in total. The lowest BCUT2D eigenvalue weighted by Crippen LogP contribution is -1.93. The number of nitrogens with zero attached hydrogens (tertiary/aromatic N) is 1. The van der Waals surface area contributed by atoms with Crippen molar-refractivity contribution in [3.05, 3.63) is 23.8 Å². The minimum absolute atomic E-state index is 0.274. The van der Waals surface area contributed by atoms with Crippen LogP contribution in [0.5, 0.6) is 11.5 Å². The van der Waals surface area contributed by atoms with Crippen molar-refractivity contribution in [2.75, 3.05) is 20.0 Å². The zero-order valence-corrected chi connectivity index (χ0v) is 9.98. The maximum atomic E-state index is 5.51. The van der Waals surface area contributed by atoms with Gasteiger partial charge in [-0.3, -0.25) is 0 Å². The standard InChI is InChI=1S/C12H14N2O3/c1-7-4-8(9-5-12(13)17-14-9)11(16-3)6-10(7)15-2/h4-6H,13H2,1-3H3. The molecule has 1 aromatic heterocycles. The molecule has 0 aliphatic heterocycles. The monoisotopic (exact) mass is 234 g/mol. The maximum absolute atomic E-state index is 5.51. The smallest absolute Gasteiger partial charge is 0.222 e. The summed E-state index contributed by atoms with van der Waals surface area (Å²) in [6.07, 6.45) is 0. The number of rotatable bonds is 3. The zero-order valence-electron chi connectivity index (χ0n) is 9.98. The number of hydrogen-bond donors (Lipinski definition) is 1. The summed E-state index contributed by atoms with van der Waals surface area (Å²) in [4.78, 5) is 0. The van der Waals surface area contributed by atoms with E-state index in [9.17, 15) is 0 Å². The first-order chi connectivity index (χ1) is 8.15. The Morgan fingerprint density at radius 1 is 1.12 bits per heavy atom.